The Bertz CT molecular complexity index is 2800. The van der Waals surface area contributed by atoms with Gasteiger partial charge in [-0.2, -0.15) is 0 Å². The number of hydrogen-bond acceptors (Lipinski definition) is 1. The Morgan fingerprint density at radius 1 is 0.294 bits per heavy atom. The maximum absolute atomic E-state index is 9.36. The second-order valence-electron chi connectivity index (χ2n) is 12.6. The largest absolute Gasteiger partial charge is 0.311 e. The summed E-state index contributed by atoms with van der Waals surface area (Å²) in [6, 6.07) is 62.8. The maximum atomic E-state index is 9.36. The quantitative estimate of drug-likeness (QED) is 0.165. The van der Waals surface area contributed by atoms with Crippen molar-refractivity contribution >= 4 is 38.6 Å². The molecule has 0 aliphatic carbocycles. The highest BCUT2D eigenvalue weighted by atomic mass is 15.1. The molecule has 9 aromatic rings. The van der Waals surface area contributed by atoms with E-state index < -0.39 is 0 Å². The molecule has 0 aliphatic heterocycles. The lowest BCUT2D eigenvalue weighted by Crippen LogP contribution is -2.09. The van der Waals surface area contributed by atoms with Gasteiger partial charge in [-0.25, -0.2) is 0 Å². The van der Waals surface area contributed by atoms with Crippen LogP contribution in [0.5, 0.6) is 0 Å². The van der Waals surface area contributed by atoms with Crippen LogP contribution in [0.1, 0.15) is 5.48 Å². The third kappa shape index (κ3) is 5.86. The zero-order chi connectivity index (χ0) is 37.5. The monoisotopic (exact) mass is 653 g/mol. The summed E-state index contributed by atoms with van der Waals surface area (Å²) in [6.45, 7) is 0. The normalized spacial score (nSPS) is 12.2. The molecule has 0 fully saturated rings. The molecule has 0 saturated carbocycles. The molecule has 0 radical (unpaired) electrons. The van der Waals surface area contributed by atoms with E-state index in [1.54, 1.807) is 0 Å². The molecule has 9 rings (SSSR count). The van der Waals surface area contributed by atoms with Gasteiger partial charge >= 0.3 is 0 Å². The molecule has 51 heavy (non-hydrogen) atoms. The van der Waals surface area contributed by atoms with Crippen LogP contribution in [0.2, 0.25) is 0 Å². The lowest BCUT2D eigenvalue weighted by molar-refractivity contribution is 1.28. The van der Waals surface area contributed by atoms with Crippen LogP contribution in [-0.2, 0) is 0 Å². The van der Waals surface area contributed by atoms with E-state index in [-0.39, 0.29) is 35.4 Å². The Hall–Kier alpha value is -6.70. The van der Waals surface area contributed by atoms with Gasteiger partial charge in [0.25, 0.3) is 0 Å². The van der Waals surface area contributed by atoms with Gasteiger partial charge in [0.1, 0.15) is 0 Å². The predicted molar refractivity (Wildman–Crippen MR) is 218 cm³/mol. The summed E-state index contributed by atoms with van der Waals surface area (Å²) in [5, 5.41) is 4.65. The van der Waals surface area contributed by atoms with Gasteiger partial charge < -0.3 is 4.90 Å². The molecule has 1 nitrogen and oxygen atoms in total. The summed E-state index contributed by atoms with van der Waals surface area (Å²) in [5.74, 6) is 0. The molecule has 0 N–H and O–H groups in total. The van der Waals surface area contributed by atoms with Crippen LogP contribution in [0.15, 0.2) is 212 Å². The highest BCUT2D eigenvalue weighted by Crippen LogP contribution is 2.41. The van der Waals surface area contributed by atoms with Crippen LogP contribution < -0.4 is 4.90 Å². The van der Waals surface area contributed by atoms with Gasteiger partial charge in [0.2, 0.25) is 0 Å². The number of rotatable bonds is 7. The van der Waals surface area contributed by atoms with Crippen LogP contribution >= 0.6 is 0 Å². The zero-order valence-electron chi connectivity index (χ0n) is 31.8. The predicted octanol–water partition coefficient (Wildman–Crippen LogP) is 14.1. The minimum Gasteiger partial charge on any atom is -0.311 e. The zero-order valence-corrected chi connectivity index (χ0v) is 27.8. The first kappa shape index (κ1) is 26.2. The van der Waals surface area contributed by atoms with E-state index in [2.05, 4.69) is 97.1 Å². The Balaban J connectivity index is 1.13. The van der Waals surface area contributed by atoms with Gasteiger partial charge in [-0.3, -0.25) is 0 Å². The number of anilines is 3. The number of para-hydroxylation sites is 1. The van der Waals surface area contributed by atoms with Gasteiger partial charge in [-0.15, -0.1) is 0 Å². The topological polar surface area (TPSA) is 3.24 Å². The summed E-state index contributed by atoms with van der Waals surface area (Å²) >= 11 is 0. The third-order valence-corrected chi connectivity index (χ3v) is 9.55. The Labute approximate surface area is 305 Å². The minimum atomic E-state index is -0.108. The summed E-state index contributed by atoms with van der Waals surface area (Å²) in [7, 11) is 0. The average molecular weight is 654 g/mol. The van der Waals surface area contributed by atoms with E-state index in [0.29, 0.717) is 5.56 Å². The van der Waals surface area contributed by atoms with Gasteiger partial charge in [0.05, 0.1) is 5.48 Å². The molecule has 0 spiro atoms. The van der Waals surface area contributed by atoms with Gasteiger partial charge in [-0.05, 0) is 102 Å². The van der Waals surface area contributed by atoms with E-state index in [1.165, 1.54) is 10.8 Å². The molecule has 9 aromatic carbocycles. The first-order chi connectivity index (χ1) is 27.0. The summed E-state index contributed by atoms with van der Waals surface area (Å²) in [5.41, 5.74) is 9.11. The van der Waals surface area contributed by atoms with Crippen molar-refractivity contribution in [1.82, 2.24) is 0 Å². The number of nitrogens with zero attached hydrogens (tertiary/aromatic N) is 1. The van der Waals surface area contributed by atoms with Crippen LogP contribution in [-0.4, -0.2) is 0 Å². The van der Waals surface area contributed by atoms with Crippen LogP contribution in [0.3, 0.4) is 0 Å². The highest BCUT2D eigenvalue weighted by molar-refractivity contribution is 6.04. The van der Waals surface area contributed by atoms with Crippen molar-refractivity contribution < 1.29 is 5.48 Å². The molecule has 0 atom stereocenters. The summed E-state index contributed by atoms with van der Waals surface area (Å²) < 4.78 is 37.2. The molecule has 240 valence electrons. The molecular weight excluding hydrogens is 615 g/mol. The van der Waals surface area contributed by atoms with Crippen molar-refractivity contribution in [1.29, 1.82) is 0 Å². The first-order valence-electron chi connectivity index (χ1n) is 19.2. The molecule has 0 amide bonds. The van der Waals surface area contributed by atoms with E-state index >= 15 is 0 Å². The van der Waals surface area contributed by atoms with Crippen LogP contribution in [0.25, 0.3) is 66.1 Å². The Kier molecular flexibility index (Phi) is 6.84. The van der Waals surface area contributed by atoms with E-state index in [9.17, 15) is 5.48 Å². The molecule has 0 bridgehead atoms. The Morgan fingerprint density at radius 3 is 1.55 bits per heavy atom. The first-order valence-corrected chi connectivity index (χ1v) is 17.2. The van der Waals surface area contributed by atoms with E-state index in [0.717, 1.165) is 55.5 Å². The number of hydrogen-bond donors (Lipinski definition) is 0. The third-order valence-electron chi connectivity index (χ3n) is 9.55. The second-order valence-corrected chi connectivity index (χ2v) is 12.6. The molecule has 0 saturated heterocycles. The molecule has 0 heterocycles. The molecule has 0 aliphatic rings. The SMILES string of the molecule is [2H]c1c([2H])c(N(c2ccccc2)c2ccc(-c3ccc4ccccc4c3-c3ccccc3)cc2)c([2H])c([2H])c1-c1ccc(-c2cccc3ccccc23)cc1. The average Bonchev–Trinajstić information content (AvgIpc) is 3.25. The molecule has 0 unspecified atom stereocenters. The minimum absolute atomic E-state index is 0.0878. The van der Waals surface area contributed by atoms with Gasteiger partial charge in [0, 0.05) is 17.1 Å². The fraction of sp³-hybridized carbons (Fsp3) is 0. The van der Waals surface area contributed by atoms with E-state index in [4.69, 9.17) is 0 Å². The summed E-state index contributed by atoms with van der Waals surface area (Å²) in [6.07, 6.45) is 0. The van der Waals surface area contributed by atoms with Crippen molar-refractivity contribution in [2.24, 2.45) is 0 Å². The fourth-order valence-electron chi connectivity index (χ4n) is 7.06. The molecular formula is C50H35N. The lowest BCUT2D eigenvalue weighted by atomic mass is 9.90. The molecule has 0 aromatic heterocycles. The highest BCUT2D eigenvalue weighted by Gasteiger charge is 2.15. The number of benzene rings is 9. The van der Waals surface area contributed by atoms with Gasteiger partial charge in [0.15, 0.2) is 0 Å². The summed E-state index contributed by atoms with van der Waals surface area (Å²) in [4.78, 5) is 1.83. The van der Waals surface area contributed by atoms with Crippen molar-refractivity contribution in [3.8, 4) is 44.5 Å². The van der Waals surface area contributed by atoms with Crippen LogP contribution in [0.4, 0.5) is 17.1 Å². The molecule has 1 heteroatoms. The van der Waals surface area contributed by atoms with Crippen molar-refractivity contribution in [3.63, 3.8) is 0 Å². The van der Waals surface area contributed by atoms with Crippen molar-refractivity contribution in [2.75, 3.05) is 4.90 Å². The lowest BCUT2D eigenvalue weighted by Gasteiger charge is -2.26. The maximum Gasteiger partial charge on any atom is 0.0645 e. The number of fused-ring (bicyclic) bond motifs is 2. The van der Waals surface area contributed by atoms with Crippen molar-refractivity contribution in [2.45, 2.75) is 0 Å². The Morgan fingerprint density at radius 2 is 0.824 bits per heavy atom. The smallest absolute Gasteiger partial charge is 0.0645 e. The van der Waals surface area contributed by atoms with Gasteiger partial charge in [-0.1, -0.05) is 176 Å². The fourth-order valence-corrected chi connectivity index (χ4v) is 7.06. The standard InChI is InChI=1S/C50H35N/c1-3-14-42(15-4-1)50-48-20-10-8-13-39(48)30-35-49(50)41-28-33-45(34-29-41)51(43-17-5-2-6-18-43)44-31-26-37(27-32-44)36-22-24-40(25-23-36)47-21-11-16-38-12-7-9-19-46(38)47/h1-35H/i26D,27D,31D,32D. The van der Waals surface area contributed by atoms with Crippen molar-refractivity contribution in [3.05, 3.63) is 212 Å². The van der Waals surface area contributed by atoms with E-state index in [1.807, 2.05) is 95.9 Å². The second kappa shape index (κ2) is 13.3. The van der Waals surface area contributed by atoms with Crippen LogP contribution in [0, 0.1) is 0 Å².